The highest BCUT2D eigenvalue weighted by Gasteiger charge is 2.37. The van der Waals surface area contributed by atoms with E-state index >= 15 is 0 Å². The lowest BCUT2D eigenvalue weighted by molar-refractivity contribution is -0.125. The molecule has 0 aromatic rings. The van der Waals surface area contributed by atoms with E-state index in [4.69, 9.17) is 10.5 Å². The van der Waals surface area contributed by atoms with Crippen LogP contribution in [0, 0.1) is 0 Å². The Kier molecular flexibility index (Phi) is 5.51. The molecule has 0 fully saturated rings. The van der Waals surface area contributed by atoms with Gasteiger partial charge in [-0.15, -0.1) is 0 Å². The van der Waals surface area contributed by atoms with Crippen molar-refractivity contribution in [3.63, 3.8) is 0 Å². The summed E-state index contributed by atoms with van der Waals surface area (Å²) in [6.45, 7) is 9.21. The fourth-order valence-corrected chi connectivity index (χ4v) is 0.967. The number of hydrogen-bond acceptors (Lipinski definition) is 3. The summed E-state index contributed by atoms with van der Waals surface area (Å²) in [5.41, 5.74) is 3.59. The molecule has 0 aliphatic heterocycles. The van der Waals surface area contributed by atoms with Gasteiger partial charge < -0.3 is 15.6 Å². The van der Waals surface area contributed by atoms with Crippen LogP contribution in [0.5, 0.6) is 0 Å². The first-order valence-corrected chi connectivity index (χ1v) is 5.58. The molecule has 0 radical (unpaired) electrons. The van der Waals surface area contributed by atoms with E-state index < -0.39 is 11.2 Å². The van der Waals surface area contributed by atoms with Crippen LogP contribution >= 0.6 is 0 Å². The minimum Gasteiger partial charge on any atom is -0.488 e. The summed E-state index contributed by atoms with van der Waals surface area (Å²) in [5.74, 6) is 0.733. The van der Waals surface area contributed by atoms with Gasteiger partial charge in [-0.3, -0.25) is 0 Å². The number of allylic oxidation sites excluding steroid dienone is 1. The van der Waals surface area contributed by atoms with Gasteiger partial charge in [0.25, 0.3) is 0 Å². The number of aliphatic hydroxyl groups is 1. The molecule has 0 aromatic carbocycles. The van der Waals surface area contributed by atoms with Gasteiger partial charge >= 0.3 is 0 Å². The summed E-state index contributed by atoms with van der Waals surface area (Å²) in [5, 5.41) is 9.97. The van der Waals surface area contributed by atoms with Crippen LogP contribution in [0.3, 0.4) is 0 Å². The van der Waals surface area contributed by atoms with Crippen molar-refractivity contribution in [3.8, 4) is 0 Å². The highest BCUT2D eigenvalue weighted by atomic mass is 16.5. The first-order chi connectivity index (χ1) is 7.24. The summed E-state index contributed by atoms with van der Waals surface area (Å²) >= 11 is 0. The molecule has 0 spiro atoms. The van der Waals surface area contributed by atoms with Gasteiger partial charge in [-0.2, -0.15) is 0 Å². The van der Waals surface area contributed by atoms with Crippen molar-refractivity contribution in [1.29, 1.82) is 0 Å². The molecule has 0 saturated heterocycles. The van der Waals surface area contributed by atoms with E-state index in [9.17, 15) is 5.11 Å². The van der Waals surface area contributed by atoms with Gasteiger partial charge in [-0.1, -0.05) is 6.92 Å². The Hall–Kier alpha value is -1.03. The summed E-state index contributed by atoms with van der Waals surface area (Å²) in [4.78, 5) is 3.84. The average Bonchev–Trinajstić information content (AvgIpc) is 2.12. The molecule has 16 heavy (non-hydrogen) atoms. The number of aliphatic imine (C=N–C) groups is 1. The van der Waals surface area contributed by atoms with Gasteiger partial charge in [-0.25, -0.2) is 4.99 Å². The second-order valence-corrected chi connectivity index (χ2v) is 4.81. The molecule has 0 aliphatic carbocycles. The molecule has 0 aliphatic rings. The van der Waals surface area contributed by atoms with Gasteiger partial charge in [0.15, 0.2) is 0 Å². The first kappa shape index (κ1) is 15.0. The fraction of sp³-hybridized carbons (Fsp3) is 0.750. The Morgan fingerprint density at radius 3 is 2.31 bits per heavy atom. The minimum atomic E-state index is -0.924. The van der Waals surface area contributed by atoms with Crippen LogP contribution in [0.4, 0.5) is 0 Å². The molecule has 3 N–H and O–H groups in total. The summed E-state index contributed by atoms with van der Waals surface area (Å²) in [7, 11) is 0. The van der Waals surface area contributed by atoms with Crippen molar-refractivity contribution < 1.29 is 9.84 Å². The maximum Gasteiger partial charge on any atom is 0.131 e. The second kappa shape index (κ2) is 5.89. The lowest BCUT2D eigenvalue weighted by Gasteiger charge is -2.38. The monoisotopic (exact) mass is 228 g/mol. The zero-order valence-corrected chi connectivity index (χ0v) is 10.9. The van der Waals surface area contributed by atoms with E-state index in [1.807, 2.05) is 13.8 Å². The van der Waals surface area contributed by atoms with Crippen LogP contribution in [-0.2, 0) is 4.74 Å². The van der Waals surface area contributed by atoms with Crippen LogP contribution in [0.25, 0.3) is 0 Å². The molecule has 0 unspecified atom stereocenters. The van der Waals surface area contributed by atoms with E-state index in [1.54, 1.807) is 20.0 Å². The van der Waals surface area contributed by atoms with Crippen LogP contribution < -0.4 is 5.73 Å². The summed E-state index contributed by atoms with van der Waals surface area (Å²) in [6, 6.07) is 0. The molecular weight excluding hydrogens is 204 g/mol. The SMILES string of the molecule is CCCC(=C/N=C/N)OC(C)(C)C(C)(C)O. The van der Waals surface area contributed by atoms with Crippen molar-refractivity contribution in [3.05, 3.63) is 12.0 Å². The van der Waals surface area contributed by atoms with E-state index in [-0.39, 0.29) is 0 Å². The van der Waals surface area contributed by atoms with E-state index in [1.165, 1.54) is 6.34 Å². The Morgan fingerprint density at radius 2 is 1.94 bits per heavy atom. The number of rotatable bonds is 6. The molecule has 0 atom stereocenters. The molecule has 94 valence electrons. The number of ether oxygens (including phenoxy) is 1. The summed E-state index contributed by atoms with van der Waals surface area (Å²) in [6.07, 6.45) is 4.54. The molecule has 0 aromatic heterocycles. The highest BCUT2D eigenvalue weighted by molar-refractivity contribution is 5.52. The van der Waals surface area contributed by atoms with Crippen LogP contribution in [-0.4, -0.2) is 22.6 Å². The van der Waals surface area contributed by atoms with Gasteiger partial charge in [0.2, 0.25) is 0 Å². The Balaban J connectivity index is 4.75. The van der Waals surface area contributed by atoms with E-state index in [0.29, 0.717) is 0 Å². The maximum atomic E-state index is 9.97. The largest absolute Gasteiger partial charge is 0.488 e. The molecular formula is C12H24N2O2. The lowest BCUT2D eigenvalue weighted by Crippen LogP contribution is -2.47. The van der Waals surface area contributed by atoms with Crippen molar-refractivity contribution in [2.75, 3.05) is 0 Å². The van der Waals surface area contributed by atoms with Gasteiger partial charge in [0.1, 0.15) is 11.4 Å². The number of nitrogens with two attached hydrogens (primary N) is 1. The normalized spacial score (nSPS) is 14.5. The van der Waals surface area contributed by atoms with E-state index in [0.717, 1.165) is 18.6 Å². The Morgan fingerprint density at radius 1 is 1.38 bits per heavy atom. The zero-order valence-electron chi connectivity index (χ0n) is 10.9. The molecule has 4 nitrogen and oxygen atoms in total. The first-order valence-electron chi connectivity index (χ1n) is 5.58. The predicted molar refractivity (Wildman–Crippen MR) is 67.1 cm³/mol. The molecule has 0 rings (SSSR count). The number of nitrogens with zero attached hydrogens (tertiary/aromatic N) is 1. The third kappa shape index (κ3) is 4.66. The molecule has 0 saturated carbocycles. The number of hydrogen-bond donors (Lipinski definition) is 2. The molecule has 0 amide bonds. The van der Waals surface area contributed by atoms with Gasteiger partial charge in [0, 0.05) is 6.42 Å². The topological polar surface area (TPSA) is 67.8 Å². The summed E-state index contributed by atoms with van der Waals surface area (Å²) < 4.78 is 5.79. The third-order valence-corrected chi connectivity index (χ3v) is 2.66. The highest BCUT2D eigenvalue weighted by Crippen LogP contribution is 2.28. The molecule has 0 bridgehead atoms. The second-order valence-electron chi connectivity index (χ2n) is 4.81. The maximum absolute atomic E-state index is 9.97. The lowest BCUT2D eigenvalue weighted by atomic mass is 9.89. The Bertz CT molecular complexity index is 263. The van der Waals surface area contributed by atoms with Crippen LogP contribution in [0.15, 0.2) is 17.0 Å². The smallest absolute Gasteiger partial charge is 0.131 e. The minimum absolute atomic E-state index is 0.669. The van der Waals surface area contributed by atoms with Crippen molar-refractivity contribution in [1.82, 2.24) is 0 Å². The van der Waals surface area contributed by atoms with Gasteiger partial charge in [0.05, 0.1) is 18.1 Å². The van der Waals surface area contributed by atoms with Crippen LogP contribution in [0.2, 0.25) is 0 Å². The van der Waals surface area contributed by atoms with Crippen molar-refractivity contribution in [2.24, 2.45) is 10.7 Å². The fourth-order valence-electron chi connectivity index (χ4n) is 0.967. The Labute approximate surface area is 98.2 Å². The quantitative estimate of drug-likeness (QED) is 0.416. The standard InChI is InChI=1S/C12H24N2O2/c1-6-7-10(8-14-9-13)16-12(4,5)11(2,3)15/h8-9,15H,6-7H2,1-5H3,(H2,13,14). The molecule has 4 heteroatoms. The van der Waals surface area contributed by atoms with Crippen molar-refractivity contribution in [2.45, 2.75) is 58.7 Å². The van der Waals surface area contributed by atoms with E-state index in [2.05, 4.69) is 11.9 Å². The van der Waals surface area contributed by atoms with Crippen molar-refractivity contribution >= 4 is 6.34 Å². The third-order valence-electron chi connectivity index (χ3n) is 2.66. The molecule has 0 heterocycles. The average molecular weight is 228 g/mol. The van der Waals surface area contributed by atoms with Gasteiger partial charge in [-0.05, 0) is 34.1 Å². The zero-order chi connectivity index (χ0) is 12.8. The predicted octanol–water partition coefficient (Wildman–Crippen LogP) is 2.18. The van der Waals surface area contributed by atoms with Crippen LogP contribution in [0.1, 0.15) is 47.5 Å².